The first-order valence-corrected chi connectivity index (χ1v) is 6.83. The lowest BCUT2D eigenvalue weighted by Crippen LogP contribution is -2.13. The van der Waals surface area contributed by atoms with Gasteiger partial charge in [0.15, 0.2) is 5.78 Å². The van der Waals surface area contributed by atoms with Crippen molar-refractivity contribution in [3.8, 4) is 0 Å². The van der Waals surface area contributed by atoms with Crippen LogP contribution < -0.4 is 0 Å². The summed E-state index contributed by atoms with van der Waals surface area (Å²) in [4.78, 5) is 11.7. The SMILES string of the molecule is CC(C)COCCOCC(=O)c1ccc(Br)cc1. The van der Waals surface area contributed by atoms with Crippen LogP contribution in [-0.4, -0.2) is 32.2 Å². The van der Waals surface area contributed by atoms with E-state index in [1.54, 1.807) is 12.1 Å². The van der Waals surface area contributed by atoms with Crippen molar-refractivity contribution in [3.05, 3.63) is 34.3 Å². The van der Waals surface area contributed by atoms with Gasteiger partial charge in [0.25, 0.3) is 0 Å². The highest BCUT2D eigenvalue weighted by Crippen LogP contribution is 2.10. The topological polar surface area (TPSA) is 35.5 Å². The van der Waals surface area contributed by atoms with Crippen molar-refractivity contribution in [2.75, 3.05) is 26.4 Å². The molecule has 0 unspecified atom stereocenters. The van der Waals surface area contributed by atoms with Gasteiger partial charge in [0.2, 0.25) is 0 Å². The molecule has 0 aliphatic heterocycles. The van der Waals surface area contributed by atoms with Crippen LogP contribution >= 0.6 is 15.9 Å². The molecule has 0 amide bonds. The number of carbonyl (C=O) groups excluding carboxylic acids is 1. The molecule has 0 saturated carbocycles. The van der Waals surface area contributed by atoms with Gasteiger partial charge in [-0.3, -0.25) is 4.79 Å². The van der Waals surface area contributed by atoms with Crippen LogP contribution in [0.3, 0.4) is 0 Å². The Labute approximate surface area is 117 Å². The standard InChI is InChI=1S/C14H19BrO3/c1-11(2)9-17-7-8-18-10-14(16)12-3-5-13(15)6-4-12/h3-6,11H,7-10H2,1-2H3. The number of halogens is 1. The number of ketones is 1. The van der Waals surface area contributed by atoms with Gasteiger partial charge < -0.3 is 9.47 Å². The molecule has 0 aliphatic rings. The molecule has 1 aromatic rings. The fraction of sp³-hybridized carbons (Fsp3) is 0.500. The van der Waals surface area contributed by atoms with Crippen molar-refractivity contribution in [1.82, 2.24) is 0 Å². The monoisotopic (exact) mass is 314 g/mol. The summed E-state index contributed by atoms with van der Waals surface area (Å²) in [6.45, 7) is 6.01. The highest BCUT2D eigenvalue weighted by Gasteiger charge is 2.05. The minimum atomic E-state index is -0.00800. The molecule has 0 atom stereocenters. The summed E-state index contributed by atoms with van der Waals surface area (Å²) in [6, 6.07) is 7.26. The van der Waals surface area contributed by atoms with Crippen LogP contribution in [0.5, 0.6) is 0 Å². The molecule has 0 aromatic heterocycles. The molecule has 1 aromatic carbocycles. The van der Waals surface area contributed by atoms with E-state index in [4.69, 9.17) is 9.47 Å². The second-order valence-corrected chi connectivity index (χ2v) is 5.37. The molecular weight excluding hydrogens is 296 g/mol. The summed E-state index contributed by atoms with van der Waals surface area (Å²) in [7, 11) is 0. The maximum Gasteiger partial charge on any atom is 0.188 e. The van der Waals surface area contributed by atoms with E-state index in [1.807, 2.05) is 12.1 Å². The van der Waals surface area contributed by atoms with Crippen molar-refractivity contribution in [1.29, 1.82) is 0 Å². The van der Waals surface area contributed by atoms with Crippen molar-refractivity contribution in [2.24, 2.45) is 5.92 Å². The van der Waals surface area contributed by atoms with E-state index in [9.17, 15) is 4.79 Å². The minimum absolute atomic E-state index is 0.00800. The number of ether oxygens (including phenoxy) is 2. The Morgan fingerprint density at radius 2 is 1.78 bits per heavy atom. The minimum Gasteiger partial charge on any atom is -0.379 e. The van der Waals surface area contributed by atoms with Gasteiger partial charge in [-0.25, -0.2) is 0 Å². The first-order chi connectivity index (χ1) is 8.59. The molecular formula is C14H19BrO3. The normalized spacial score (nSPS) is 10.9. The van der Waals surface area contributed by atoms with Gasteiger partial charge in [-0.1, -0.05) is 41.9 Å². The van der Waals surface area contributed by atoms with Crippen LogP contribution in [0.4, 0.5) is 0 Å². The second-order valence-electron chi connectivity index (χ2n) is 4.45. The first kappa shape index (κ1) is 15.3. The van der Waals surface area contributed by atoms with E-state index in [-0.39, 0.29) is 12.4 Å². The van der Waals surface area contributed by atoms with E-state index in [1.165, 1.54) is 0 Å². The predicted molar refractivity (Wildman–Crippen MR) is 74.9 cm³/mol. The van der Waals surface area contributed by atoms with Crippen molar-refractivity contribution in [3.63, 3.8) is 0 Å². The molecule has 3 nitrogen and oxygen atoms in total. The molecule has 0 N–H and O–H groups in total. The van der Waals surface area contributed by atoms with E-state index >= 15 is 0 Å². The second kappa shape index (κ2) is 8.40. The lowest BCUT2D eigenvalue weighted by molar-refractivity contribution is 0.0364. The third-order valence-electron chi connectivity index (χ3n) is 2.22. The molecule has 0 aliphatic carbocycles. The summed E-state index contributed by atoms with van der Waals surface area (Å²) in [5.74, 6) is 0.515. The third-order valence-corrected chi connectivity index (χ3v) is 2.75. The van der Waals surface area contributed by atoms with Crippen LogP contribution in [-0.2, 0) is 9.47 Å². The predicted octanol–water partition coefficient (Wildman–Crippen LogP) is 3.32. The van der Waals surface area contributed by atoms with E-state index in [0.717, 1.165) is 11.1 Å². The molecule has 1 rings (SSSR count). The van der Waals surface area contributed by atoms with Gasteiger partial charge in [-0.15, -0.1) is 0 Å². The molecule has 0 radical (unpaired) electrons. The van der Waals surface area contributed by atoms with E-state index < -0.39 is 0 Å². The Kier molecular flexibility index (Phi) is 7.16. The van der Waals surface area contributed by atoms with Gasteiger partial charge in [-0.2, -0.15) is 0 Å². The van der Waals surface area contributed by atoms with Crippen LogP contribution in [0.2, 0.25) is 0 Å². The average Bonchev–Trinajstić information content (AvgIpc) is 2.34. The Morgan fingerprint density at radius 3 is 2.39 bits per heavy atom. The summed E-state index contributed by atoms with van der Waals surface area (Å²) in [6.07, 6.45) is 0. The average molecular weight is 315 g/mol. The number of carbonyl (C=O) groups is 1. The first-order valence-electron chi connectivity index (χ1n) is 6.04. The Balaban J connectivity index is 2.16. The van der Waals surface area contributed by atoms with Gasteiger partial charge in [0.05, 0.1) is 13.2 Å². The quantitative estimate of drug-likeness (QED) is 0.545. The highest BCUT2D eigenvalue weighted by molar-refractivity contribution is 9.10. The fourth-order valence-electron chi connectivity index (χ4n) is 1.32. The number of rotatable bonds is 8. The zero-order valence-corrected chi connectivity index (χ0v) is 12.4. The number of hydrogen-bond donors (Lipinski definition) is 0. The van der Waals surface area contributed by atoms with Gasteiger partial charge >= 0.3 is 0 Å². The zero-order valence-electron chi connectivity index (χ0n) is 10.8. The fourth-order valence-corrected chi connectivity index (χ4v) is 1.59. The zero-order chi connectivity index (χ0) is 13.4. The van der Waals surface area contributed by atoms with Gasteiger partial charge in [-0.05, 0) is 18.1 Å². The summed E-state index contributed by atoms with van der Waals surface area (Å²) in [5.41, 5.74) is 0.668. The number of hydrogen-bond acceptors (Lipinski definition) is 3. The molecule has 4 heteroatoms. The van der Waals surface area contributed by atoms with Crippen molar-refractivity contribution >= 4 is 21.7 Å². The molecule has 0 saturated heterocycles. The Bertz CT molecular complexity index is 360. The maximum absolute atomic E-state index is 11.7. The smallest absolute Gasteiger partial charge is 0.188 e. The maximum atomic E-state index is 11.7. The van der Waals surface area contributed by atoms with Gasteiger partial charge in [0, 0.05) is 16.6 Å². The summed E-state index contributed by atoms with van der Waals surface area (Å²) >= 11 is 3.33. The lowest BCUT2D eigenvalue weighted by atomic mass is 10.1. The largest absolute Gasteiger partial charge is 0.379 e. The van der Waals surface area contributed by atoms with Crippen molar-refractivity contribution in [2.45, 2.75) is 13.8 Å². The van der Waals surface area contributed by atoms with E-state index in [0.29, 0.717) is 24.7 Å². The van der Waals surface area contributed by atoms with E-state index in [2.05, 4.69) is 29.8 Å². The third kappa shape index (κ3) is 6.28. The highest BCUT2D eigenvalue weighted by atomic mass is 79.9. The Hall–Kier alpha value is -0.710. The number of Topliss-reactive ketones (excluding diaryl/α,β-unsaturated/α-hetero) is 1. The molecule has 0 bridgehead atoms. The molecule has 0 spiro atoms. The molecule has 18 heavy (non-hydrogen) atoms. The lowest BCUT2D eigenvalue weighted by Gasteiger charge is -2.07. The van der Waals surface area contributed by atoms with Crippen molar-refractivity contribution < 1.29 is 14.3 Å². The molecule has 0 heterocycles. The van der Waals surface area contributed by atoms with Crippen LogP contribution in [0, 0.1) is 5.92 Å². The molecule has 0 fully saturated rings. The molecule has 100 valence electrons. The summed E-state index contributed by atoms with van der Waals surface area (Å²) in [5, 5.41) is 0. The van der Waals surface area contributed by atoms with Crippen LogP contribution in [0.15, 0.2) is 28.7 Å². The van der Waals surface area contributed by atoms with Crippen LogP contribution in [0.1, 0.15) is 24.2 Å². The Morgan fingerprint density at radius 1 is 1.17 bits per heavy atom. The van der Waals surface area contributed by atoms with Crippen LogP contribution in [0.25, 0.3) is 0 Å². The number of benzene rings is 1. The summed E-state index contributed by atoms with van der Waals surface area (Å²) < 4.78 is 11.6. The van der Waals surface area contributed by atoms with Gasteiger partial charge in [0.1, 0.15) is 6.61 Å².